The topological polar surface area (TPSA) is 70.7 Å². The first kappa shape index (κ1) is 14.2. The van der Waals surface area contributed by atoms with Gasteiger partial charge in [0.25, 0.3) is 0 Å². The average molecular weight is 266 g/mol. The van der Waals surface area contributed by atoms with E-state index in [-0.39, 0.29) is 5.91 Å². The lowest BCUT2D eigenvalue weighted by atomic mass is 10.1. The number of carbonyl (C=O) groups excluding carboxylic acids is 1. The van der Waals surface area contributed by atoms with E-state index in [1.807, 2.05) is 4.90 Å². The summed E-state index contributed by atoms with van der Waals surface area (Å²) in [5, 5.41) is 3.28. The van der Waals surface area contributed by atoms with E-state index in [0.29, 0.717) is 30.9 Å². The maximum atomic E-state index is 11.7. The zero-order valence-electron chi connectivity index (χ0n) is 11.9. The van der Waals surface area contributed by atoms with Gasteiger partial charge in [-0.15, -0.1) is 0 Å². The Hall–Kier alpha value is -1.26. The largest absolute Gasteiger partial charge is 0.370 e. The lowest BCUT2D eigenvalue weighted by molar-refractivity contribution is -0.127. The molecule has 0 aromatic carbocycles. The first-order chi connectivity index (χ1) is 9.19. The van der Waals surface area contributed by atoms with Crippen LogP contribution in [0, 0.1) is 5.92 Å². The smallest absolute Gasteiger partial charge is 0.222 e. The maximum Gasteiger partial charge on any atom is 0.222 e. The Morgan fingerprint density at radius 1 is 1.47 bits per heavy atom. The zero-order valence-corrected chi connectivity index (χ0v) is 11.9. The van der Waals surface area contributed by atoms with Gasteiger partial charge in [-0.2, -0.15) is 0 Å². The molecule has 0 bridgehead atoms. The predicted molar refractivity (Wildman–Crippen MR) is 76.9 cm³/mol. The van der Waals surface area contributed by atoms with Gasteiger partial charge in [-0.1, -0.05) is 19.8 Å². The summed E-state index contributed by atoms with van der Waals surface area (Å²) in [7, 11) is 0. The second-order valence-electron chi connectivity index (χ2n) is 5.76. The molecule has 1 saturated heterocycles. The molecule has 1 atom stereocenters. The monoisotopic (exact) mass is 266 g/mol. The van der Waals surface area contributed by atoms with Crippen LogP contribution in [0.25, 0.3) is 0 Å². The van der Waals surface area contributed by atoms with Gasteiger partial charge in [-0.25, -0.2) is 0 Å². The minimum Gasteiger partial charge on any atom is -0.370 e. The van der Waals surface area contributed by atoms with Crippen LogP contribution in [0.1, 0.15) is 45.4 Å². The lowest BCUT2D eigenvalue weighted by Gasteiger charge is -2.15. The van der Waals surface area contributed by atoms with Gasteiger partial charge in [0.05, 0.1) is 0 Å². The Labute approximate surface area is 115 Å². The summed E-state index contributed by atoms with van der Waals surface area (Å²) in [6.07, 6.45) is 6.61. The highest BCUT2D eigenvalue weighted by molar-refractivity contribution is 5.79. The van der Waals surface area contributed by atoms with Crippen molar-refractivity contribution in [1.29, 1.82) is 0 Å². The molecule has 1 aliphatic heterocycles. The molecule has 0 aromatic rings. The summed E-state index contributed by atoms with van der Waals surface area (Å²) >= 11 is 0. The van der Waals surface area contributed by atoms with E-state index in [0.717, 1.165) is 19.5 Å². The molecule has 0 spiro atoms. The normalized spacial score (nSPS) is 25.3. The van der Waals surface area contributed by atoms with Crippen LogP contribution in [0.4, 0.5) is 0 Å². The van der Waals surface area contributed by atoms with Gasteiger partial charge >= 0.3 is 0 Å². The Morgan fingerprint density at radius 3 is 2.89 bits per heavy atom. The van der Waals surface area contributed by atoms with Crippen molar-refractivity contribution in [2.45, 2.75) is 51.5 Å². The molecule has 2 fully saturated rings. The number of hydrogen-bond acceptors (Lipinski definition) is 2. The second-order valence-corrected chi connectivity index (χ2v) is 5.76. The molecule has 2 rings (SSSR count). The van der Waals surface area contributed by atoms with Crippen molar-refractivity contribution < 1.29 is 4.79 Å². The Bertz CT molecular complexity index is 336. The number of aliphatic imine (C=N–C) groups is 1. The van der Waals surface area contributed by atoms with Crippen molar-refractivity contribution in [2.24, 2.45) is 16.6 Å². The third-order valence-corrected chi connectivity index (χ3v) is 4.02. The molecule has 1 aliphatic carbocycles. The van der Waals surface area contributed by atoms with Crippen LogP contribution in [0.2, 0.25) is 0 Å². The molecule has 0 radical (unpaired) electrons. The Morgan fingerprint density at radius 2 is 2.21 bits per heavy atom. The number of nitrogens with zero attached hydrogens (tertiary/aromatic N) is 2. The van der Waals surface area contributed by atoms with Crippen molar-refractivity contribution >= 4 is 11.9 Å². The third-order valence-electron chi connectivity index (χ3n) is 4.02. The predicted octanol–water partition coefficient (Wildman–Crippen LogP) is 1.09. The highest BCUT2D eigenvalue weighted by atomic mass is 16.2. The number of nitrogens with two attached hydrogens (primary N) is 1. The molecular weight excluding hydrogens is 240 g/mol. The second kappa shape index (κ2) is 6.78. The van der Waals surface area contributed by atoms with Crippen molar-refractivity contribution in [2.75, 3.05) is 19.6 Å². The van der Waals surface area contributed by atoms with E-state index in [4.69, 9.17) is 5.73 Å². The summed E-state index contributed by atoms with van der Waals surface area (Å²) in [6, 6.07) is 0.505. The molecule has 3 N–H and O–H groups in total. The molecule has 5 heteroatoms. The third kappa shape index (κ3) is 4.11. The van der Waals surface area contributed by atoms with Crippen LogP contribution < -0.4 is 11.1 Å². The van der Waals surface area contributed by atoms with Crippen molar-refractivity contribution in [1.82, 2.24) is 10.2 Å². The first-order valence-corrected chi connectivity index (χ1v) is 7.53. The van der Waals surface area contributed by atoms with Gasteiger partial charge in [0.2, 0.25) is 5.91 Å². The van der Waals surface area contributed by atoms with Gasteiger partial charge in [-0.05, 0) is 19.3 Å². The van der Waals surface area contributed by atoms with Crippen molar-refractivity contribution in [3.8, 4) is 0 Å². The number of amides is 1. The van der Waals surface area contributed by atoms with Crippen LogP contribution in [0.5, 0.6) is 0 Å². The van der Waals surface area contributed by atoms with Gasteiger partial charge in [0, 0.05) is 38.0 Å². The van der Waals surface area contributed by atoms with Crippen LogP contribution in [-0.2, 0) is 4.79 Å². The van der Waals surface area contributed by atoms with Gasteiger partial charge < -0.3 is 16.0 Å². The molecule has 0 aromatic heterocycles. The van der Waals surface area contributed by atoms with Gasteiger partial charge in [-0.3, -0.25) is 9.79 Å². The number of rotatable bonds is 5. The van der Waals surface area contributed by atoms with E-state index in [1.165, 1.54) is 25.7 Å². The van der Waals surface area contributed by atoms with Gasteiger partial charge in [0.15, 0.2) is 5.96 Å². The number of nitrogens with one attached hydrogen (secondary N) is 1. The van der Waals surface area contributed by atoms with Crippen LogP contribution in [0.15, 0.2) is 4.99 Å². The Kier molecular flexibility index (Phi) is 5.05. The maximum absolute atomic E-state index is 11.7. The molecule has 1 unspecified atom stereocenters. The molecule has 2 aliphatic rings. The highest BCUT2D eigenvalue weighted by Gasteiger charge is 2.28. The molecule has 19 heavy (non-hydrogen) atoms. The van der Waals surface area contributed by atoms with E-state index in [2.05, 4.69) is 17.2 Å². The zero-order chi connectivity index (χ0) is 13.7. The average Bonchev–Trinajstić information content (AvgIpc) is 2.98. The molecular formula is C14H26N4O. The molecule has 1 saturated carbocycles. The fourth-order valence-electron chi connectivity index (χ4n) is 3.01. The number of guanidine groups is 1. The molecule has 108 valence electrons. The molecule has 5 nitrogen and oxygen atoms in total. The highest BCUT2D eigenvalue weighted by Crippen LogP contribution is 2.19. The number of hydrogen-bond donors (Lipinski definition) is 2. The first-order valence-electron chi connectivity index (χ1n) is 7.53. The van der Waals surface area contributed by atoms with E-state index < -0.39 is 0 Å². The minimum absolute atomic E-state index is 0.268. The number of likely N-dealkylation sites (tertiary alicyclic amines) is 1. The summed E-state index contributed by atoms with van der Waals surface area (Å²) in [5.41, 5.74) is 5.90. The summed E-state index contributed by atoms with van der Waals surface area (Å²) in [4.78, 5) is 18.1. The van der Waals surface area contributed by atoms with Gasteiger partial charge in [0.1, 0.15) is 0 Å². The molecule has 1 amide bonds. The van der Waals surface area contributed by atoms with E-state index in [9.17, 15) is 4.79 Å². The standard InChI is InChI=1S/C14H26N4O/c1-2-7-18-10-11(8-13(18)19)9-16-14(15)17-12-5-3-4-6-12/h11-12H,2-10H2,1H3,(H3,15,16,17). The Balaban J connectivity index is 1.73. The van der Waals surface area contributed by atoms with Crippen molar-refractivity contribution in [3.63, 3.8) is 0 Å². The van der Waals surface area contributed by atoms with E-state index >= 15 is 0 Å². The summed E-state index contributed by atoms with van der Waals surface area (Å²) < 4.78 is 0. The van der Waals surface area contributed by atoms with Crippen LogP contribution in [-0.4, -0.2) is 42.4 Å². The fourth-order valence-corrected chi connectivity index (χ4v) is 3.01. The van der Waals surface area contributed by atoms with E-state index in [1.54, 1.807) is 0 Å². The van der Waals surface area contributed by atoms with Crippen LogP contribution in [0.3, 0.4) is 0 Å². The van der Waals surface area contributed by atoms with Crippen LogP contribution >= 0.6 is 0 Å². The quantitative estimate of drug-likeness (QED) is 0.578. The SMILES string of the molecule is CCCN1CC(CN=C(N)NC2CCCC2)CC1=O. The molecule has 1 heterocycles. The number of carbonyl (C=O) groups is 1. The van der Waals surface area contributed by atoms with Crippen molar-refractivity contribution in [3.05, 3.63) is 0 Å². The fraction of sp³-hybridized carbons (Fsp3) is 0.857. The lowest BCUT2D eigenvalue weighted by Crippen LogP contribution is -2.39. The summed E-state index contributed by atoms with van der Waals surface area (Å²) in [5.74, 6) is 1.15. The minimum atomic E-state index is 0.268. The summed E-state index contributed by atoms with van der Waals surface area (Å²) in [6.45, 7) is 4.47.